The number of hydrogen-bond donors (Lipinski definition) is 2. The van der Waals surface area contributed by atoms with E-state index in [1.807, 2.05) is 6.92 Å². The third-order valence-electron chi connectivity index (χ3n) is 2.35. The van der Waals surface area contributed by atoms with E-state index in [0.29, 0.717) is 28.8 Å². The predicted molar refractivity (Wildman–Crippen MR) is 70.8 cm³/mol. The quantitative estimate of drug-likeness (QED) is 0.840. The number of halogens is 2. The first kappa shape index (κ1) is 14.7. The molecule has 0 saturated heterocycles. The molecule has 0 aliphatic carbocycles. The van der Waals surface area contributed by atoms with Crippen LogP contribution >= 0.6 is 23.2 Å². The van der Waals surface area contributed by atoms with Gasteiger partial charge in [-0.3, -0.25) is 0 Å². The van der Waals surface area contributed by atoms with E-state index < -0.39 is 6.10 Å². The molecular weight excluding hydrogens is 261 g/mol. The van der Waals surface area contributed by atoms with Gasteiger partial charge in [-0.05, 0) is 30.7 Å². The molecule has 1 aromatic carbocycles. The second kappa shape index (κ2) is 7.19. The Balaban J connectivity index is 2.54. The van der Waals surface area contributed by atoms with Gasteiger partial charge in [0.25, 0.3) is 0 Å². The number of rotatable bonds is 6. The fourth-order valence-electron chi connectivity index (χ4n) is 1.51. The lowest BCUT2D eigenvalue weighted by Gasteiger charge is -2.17. The van der Waals surface area contributed by atoms with Gasteiger partial charge in [0.05, 0.1) is 12.7 Å². The molecule has 0 radical (unpaired) electrons. The van der Waals surface area contributed by atoms with Gasteiger partial charge >= 0.3 is 0 Å². The van der Waals surface area contributed by atoms with Gasteiger partial charge in [0, 0.05) is 29.7 Å². The average molecular weight is 278 g/mol. The summed E-state index contributed by atoms with van der Waals surface area (Å²) >= 11 is 11.7. The highest BCUT2D eigenvalue weighted by atomic mass is 35.5. The summed E-state index contributed by atoms with van der Waals surface area (Å²) in [6.45, 7) is 3.02. The normalized spacial score (nSPS) is 14.6. The molecule has 0 aromatic heterocycles. The first-order chi connectivity index (χ1) is 8.02. The van der Waals surface area contributed by atoms with E-state index in [-0.39, 0.29) is 6.04 Å². The monoisotopic (exact) mass is 277 g/mol. The van der Waals surface area contributed by atoms with Crippen molar-refractivity contribution in [2.45, 2.75) is 19.1 Å². The van der Waals surface area contributed by atoms with Gasteiger partial charge in [-0.1, -0.05) is 23.2 Å². The first-order valence-corrected chi connectivity index (χ1v) is 6.15. The Morgan fingerprint density at radius 3 is 2.41 bits per heavy atom. The fraction of sp³-hybridized carbons (Fsp3) is 0.500. The van der Waals surface area contributed by atoms with E-state index in [0.717, 1.165) is 0 Å². The molecule has 17 heavy (non-hydrogen) atoms. The minimum absolute atomic E-state index is 0.185. The summed E-state index contributed by atoms with van der Waals surface area (Å²) < 4.78 is 4.99. The summed E-state index contributed by atoms with van der Waals surface area (Å²) in [5.74, 6) is 0. The minimum atomic E-state index is -0.634. The predicted octanol–water partition coefficient (Wildman–Crippen LogP) is 2.65. The van der Waals surface area contributed by atoms with Crippen LogP contribution in [0.5, 0.6) is 0 Å². The number of benzene rings is 1. The summed E-state index contributed by atoms with van der Waals surface area (Å²) in [5, 5.41) is 14.2. The van der Waals surface area contributed by atoms with Gasteiger partial charge in [-0.15, -0.1) is 0 Å². The van der Waals surface area contributed by atoms with E-state index in [4.69, 9.17) is 27.9 Å². The summed E-state index contributed by atoms with van der Waals surface area (Å²) in [5.41, 5.74) is 0.708. The van der Waals surface area contributed by atoms with Crippen molar-refractivity contribution in [1.82, 2.24) is 5.32 Å². The molecule has 0 bridgehead atoms. The van der Waals surface area contributed by atoms with Crippen LogP contribution in [0.4, 0.5) is 0 Å². The van der Waals surface area contributed by atoms with Crippen molar-refractivity contribution in [3.05, 3.63) is 33.8 Å². The molecule has 0 spiro atoms. The van der Waals surface area contributed by atoms with E-state index >= 15 is 0 Å². The van der Waals surface area contributed by atoms with Crippen LogP contribution in [0.3, 0.4) is 0 Å². The SMILES string of the molecule is COCC(C)NCC(O)c1cc(Cl)cc(Cl)c1. The van der Waals surface area contributed by atoms with Crippen molar-refractivity contribution in [2.75, 3.05) is 20.3 Å². The summed E-state index contributed by atoms with van der Waals surface area (Å²) in [4.78, 5) is 0. The zero-order valence-corrected chi connectivity index (χ0v) is 11.4. The molecule has 2 N–H and O–H groups in total. The number of hydrogen-bond acceptors (Lipinski definition) is 3. The van der Waals surface area contributed by atoms with Crippen LogP contribution in [0.15, 0.2) is 18.2 Å². The molecule has 0 amide bonds. The molecule has 3 nitrogen and oxygen atoms in total. The van der Waals surface area contributed by atoms with Crippen molar-refractivity contribution in [2.24, 2.45) is 0 Å². The van der Waals surface area contributed by atoms with E-state index in [2.05, 4.69) is 5.32 Å². The van der Waals surface area contributed by atoms with Crippen LogP contribution < -0.4 is 5.32 Å². The minimum Gasteiger partial charge on any atom is -0.387 e. The average Bonchev–Trinajstić information content (AvgIpc) is 2.25. The van der Waals surface area contributed by atoms with Crippen LogP contribution in [-0.2, 0) is 4.74 Å². The van der Waals surface area contributed by atoms with Crippen molar-refractivity contribution in [3.63, 3.8) is 0 Å². The zero-order chi connectivity index (χ0) is 12.8. The Morgan fingerprint density at radius 2 is 1.88 bits per heavy atom. The molecule has 0 aliphatic heterocycles. The third-order valence-corrected chi connectivity index (χ3v) is 2.78. The number of nitrogens with one attached hydrogen (secondary N) is 1. The lowest BCUT2D eigenvalue weighted by atomic mass is 10.1. The molecule has 0 fully saturated rings. The van der Waals surface area contributed by atoms with Crippen LogP contribution in [0, 0.1) is 0 Å². The van der Waals surface area contributed by atoms with Crippen LogP contribution in [0.25, 0.3) is 0 Å². The molecule has 2 atom stereocenters. The Hall–Kier alpha value is -0.320. The second-order valence-corrected chi connectivity index (χ2v) is 4.86. The highest BCUT2D eigenvalue weighted by Gasteiger charge is 2.10. The summed E-state index contributed by atoms with van der Waals surface area (Å²) in [7, 11) is 1.64. The highest BCUT2D eigenvalue weighted by Crippen LogP contribution is 2.23. The molecule has 96 valence electrons. The lowest BCUT2D eigenvalue weighted by molar-refractivity contribution is 0.143. The molecule has 1 rings (SSSR count). The molecule has 5 heteroatoms. The van der Waals surface area contributed by atoms with Crippen LogP contribution in [-0.4, -0.2) is 31.4 Å². The van der Waals surface area contributed by atoms with E-state index in [1.54, 1.807) is 25.3 Å². The smallest absolute Gasteiger partial charge is 0.0915 e. The molecular formula is C12H17Cl2NO2. The largest absolute Gasteiger partial charge is 0.387 e. The highest BCUT2D eigenvalue weighted by molar-refractivity contribution is 6.34. The maximum atomic E-state index is 9.97. The molecule has 0 aliphatic rings. The van der Waals surface area contributed by atoms with Gasteiger partial charge < -0.3 is 15.2 Å². The van der Waals surface area contributed by atoms with Crippen LogP contribution in [0.2, 0.25) is 10.0 Å². The van der Waals surface area contributed by atoms with Gasteiger partial charge in [0.2, 0.25) is 0 Å². The number of ether oxygens (including phenoxy) is 1. The van der Waals surface area contributed by atoms with E-state index in [9.17, 15) is 5.11 Å². The molecule has 0 heterocycles. The van der Waals surface area contributed by atoms with Gasteiger partial charge in [0.1, 0.15) is 0 Å². The van der Waals surface area contributed by atoms with E-state index in [1.165, 1.54) is 0 Å². The van der Waals surface area contributed by atoms with Crippen molar-refractivity contribution in [1.29, 1.82) is 0 Å². The maximum absolute atomic E-state index is 9.97. The number of aliphatic hydroxyl groups is 1. The standard InChI is InChI=1S/C12H17Cl2NO2/c1-8(7-17-2)15-6-12(16)9-3-10(13)5-11(14)4-9/h3-5,8,12,15-16H,6-7H2,1-2H3. The fourth-order valence-corrected chi connectivity index (χ4v) is 2.05. The zero-order valence-electron chi connectivity index (χ0n) is 9.91. The Labute approximate surface area is 112 Å². The molecule has 2 unspecified atom stereocenters. The molecule has 0 saturated carbocycles. The van der Waals surface area contributed by atoms with Crippen molar-refractivity contribution in [3.8, 4) is 0 Å². The summed E-state index contributed by atoms with van der Waals surface area (Å²) in [6, 6.07) is 5.24. The maximum Gasteiger partial charge on any atom is 0.0915 e. The van der Waals surface area contributed by atoms with Gasteiger partial charge in [-0.2, -0.15) is 0 Å². The Bertz CT molecular complexity index is 340. The summed E-state index contributed by atoms with van der Waals surface area (Å²) in [6.07, 6.45) is -0.634. The third kappa shape index (κ3) is 5.23. The van der Waals surface area contributed by atoms with Crippen LogP contribution in [0.1, 0.15) is 18.6 Å². The Morgan fingerprint density at radius 1 is 1.29 bits per heavy atom. The van der Waals surface area contributed by atoms with Gasteiger partial charge in [-0.25, -0.2) is 0 Å². The Kier molecular flexibility index (Phi) is 6.23. The number of aliphatic hydroxyl groups excluding tert-OH is 1. The second-order valence-electron chi connectivity index (χ2n) is 3.98. The van der Waals surface area contributed by atoms with Crippen molar-refractivity contribution >= 4 is 23.2 Å². The van der Waals surface area contributed by atoms with Gasteiger partial charge in [0.15, 0.2) is 0 Å². The lowest BCUT2D eigenvalue weighted by Crippen LogP contribution is -2.33. The number of methoxy groups -OCH3 is 1. The topological polar surface area (TPSA) is 41.5 Å². The first-order valence-electron chi connectivity index (χ1n) is 5.39. The molecule has 1 aromatic rings. The van der Waals surface area contributed by atoms with Crippen molar-refractivity contribution < 1.29 is 9.84 Å².